The van der Waals surface area contributed by atoms with Crippen LogP contribution in [-0.2, 0) is 9.59 Å². The van der Waals surface area contributed by atoms with Gasteiger partial charge in [0, 0.05) is 34.1 Å². The number of Topliss-reactive ketones (excluding diaryl/α,β-unsaturated/α-hetero) is 2. The zero-order valence-corrected chi connectivity index (χ0v) is 22.4. The second-order valence-corrected chi connectivity index (χ2v) is 13.5. The molecule has 0 aromatic carbocycles. The molecule has 2 aliphatic carbocycles. The van der Waals surface area contributed by atoms with Gasteiger partial charge in [-0.3, -0.25) is 9.59 Å². The van der Waals surface area contributed by atoms with Crippen LogP contribution in [0.1, 0.15) is 83.1 Å². The van der Waals surface area contributed by atoms with Crippen molar-refractivity contribution in [1.82, 2.24) is 0 Å². The molecule has 0 aliphatic heterocycles. The first-order valence-corrected chi connectivity index (χ1v) is 11.9. The summed E-state index contributed by atoms with van der Waals surface area (Å²) in [5, 5.41) is 0. The van der Waals surface area contributed by atoms with E-state index in [1.54, 1.807) is 0 Å². The molecule has 0 aromatic heterocycles. The van der Waals surface area contributed by atoms with E-state index in [1.165, 1.54) is 0 Å². The van der Waals surface area contributed by atoms with Crippen molar-refractivity contribution in [3.63, 3.8) is 0 Å². The second-order valence-electron chi connectivity index (χ2n) is 13.5. The average molecular weight is 437 g/mol. The third-order valence-electron chi connectivity index (χ3n) is 6.20. The van der Waals surface area contributed by atoms with Gasteiger partial charge in [-0.05, 0) is 21.7 Å². The predicted molar refractivity (Wildman–Crippen MR) is 136 cm³/mol. The predicted octanol–water partition coefficient (Wildman–Crippen LogP) is 7.83. The minimum atomic E-state index is -0.205. The normalized spacial score (nSPS) is 20.4. The summed E-state index contributed by atoms with van der Waals surface area (Å²) in [4.78, 5) is 26.4. The van der Waals surface area contributed by atoms with Crippen molar-refractivity contribution >= 4 is 11.6 Å². The van der Waals surface area contributed by atoms with Crippen molar-refractivity contribution in [3.05, 3.63) is 58.7 Å². The van der Waals surface area contributed by atoms with Gasteiger partial charge in [0.05, 0.1) is 0 Å². The van der Waals surface area contributed by atoms with Gasteiger partial charge >= 0.3 is 0 Å². The van der Waals surface area contributed by atoms with Gasteiger partial charge in [0.25, 0.3) is 0 Å². The van der Waals surface area contributed by atoms with Crippen molar-refractivity contribution in [2.24, 2.45) is 33.5 Å². The van der Waals surface area contributed by atoms with Crippen LogP contribution in [0.25, 0.3) is 0 Å². The fourth-order valence-electron chi connectivity index (χ4n) is 4.30. The van der Waals surface area contributed by atoms with Gasteiger partial charge in [-0.1, -0.05) is 120 Å². The highest BCUT2D eigenvalue weighted by atomic mass is 16.1. The largest absolute Gasteiger partial charge is 0.289 e. The first-order valence-electron chi connectivity index (χ1n) is 11.9. The summed E-state index contributed by atoms with van der Waals surface area (Å²) in [6.45, 7) is 25.2. The number of allylic oxidation sites excluding steroid dienone is 10. The molecule has 0 spiro atoms. The van der Waals surface area contributed by atoms with Gasteiger partial charge in [0.15, 0.2) is 11.6 Å². The van der Waals surface area contributed by atoms with E-state index in [0.717, 1.165) is 22.3 Å². The molecule has 2 nitrogen and oxygen atoms in total. The standard InChI is InChI=1S/C30H44O2/c1-27(2,3)21-15-19(16-22(25(21)31)28(4,5)6)13-14-20-17-23(29(7,8)9)26(32)24(18-20)30(10,11)12/h13-20H,1-12H3/b14-13+. The summed E-state index contributed by atoms with van der Waals surface area (Å²) in [5.74, 6) is 0.462. The molecular weight excluding hydrogens is 392 g/mol. The Morgan fingerprint density at radius 1 is 0.469 bits per heavy atom. The quantitative estimate of drug-likeness (QED) is 0.413. The van der Waals surface area contributed by atoms with Crippen molar-refractivity contribution < 1.29 is 9.59 Å². The molecule has 0 saturated heterocycles. The smallest absolute Gasteiger partial charge is 0.185 e. The molecule has 0 radical (unpaired) electrons. The van der Waals surface area contributed by atoms with E-state index in [9.17, 15) is 9.59 Å². The summed E-state index contributed by atoms with van der Waals surface area (Å²) in [6, 6.07) is 0. The van der Waals surface area contributed by atoms with Crippen LogP contribution in [0.3, 0.4) is 0 Å². The highest BCUT2D eigenvalue weighted by Gasteiger charge is 2.36. The summed E-state index contributed by atoms with van der Waals surface area (Å²) in [5.41, 5.74) is 2.72. The molecule has 0 saturated carbocycles. The van der Waals surface area contributed by atoms with Gasteiger partial charge in [0.1, 0.15) is 0 Å². The number of hydrogen-bond acceptors (Lipinski definition) is 2. The van der Waals surface area contributed by atoms with Crippen molar-refractivity contribution in [1.29, 1.82) is 0 Å². The number of ketones is 2. The zero-order valence-electron chi connectivity index (χ0n) is 22.4. The van der Waals surface area contributed by atoms with Crippen LogP contribution in [0.15, 0.2) is 58.7 Å². The third-order valence-corrected chi connectivity index (χ3v) is 6.20. The summed E-state index contributed by atoms with van der Waals surface area (Å²) in [6.07, 6.45) is 12.8. The summed E-state index contributed by atoms with van der Waals surface area (Å²) < 4.78 is 0. The lowest BCUT2D eigenvalue weighted by atomic mass is 9.70. The van der Waals surface area contributed by atoms with Crippen LogP contribution < -0.4 is 0 Å². The topological polar surface area (TPSA) is 34.1 Å². The van der Waals surface area contributed by atoms with Gasteiger partial charge in [0.2, 0.25) is 0 Å². The molecule has 0 unspecified atom stereocenters. The number of hydrogen-bond donors (Lipinski definition) is 0. The Morgan fingerprint density at radius 2 is 0.656 bits per heavy atom. The van der Waals surface area contributed by atoms with Gasteiger partial charge in [-0.2, -0.15) is 0 Å². The molecule has 32 heavy (non-hydrogen) atoms. The molecule has 0 heterocycles. The number of rotatable bonds is 2. The number of carbonyl (C=O) groups excluding carboxylic acids is 2. The van der Waals surface area contributed by atoms with Gasteiger partial charge < -0.3 is 0 Å². The highest BCUT2D eigenvalue weighted by molar-refractivity contribution is 6.11. The van der Waals surface area contributed by atoms with E-state index in [4.69, 9.17) is 0 Å². The van der Waals surface area contributed by atoms with E-state index in [0.29, 0.717) is 0 Å². The molecule has 2 aliphatic rings. The minimum absolute atomic E-state index is 0.0618. The fourth-order valence-corrected chi connectivity index (χ4v) is 4.30. The maximum absolute atomic E-state index is 13.2. The van der Waals surface area contributed by atoms with Crippen LogP contribution in [0.4, 0.5) is 0 Å². The molecule has 0 aromatic rings. The van der Waals surface area contributed by atoms with Crippen LogP contribution >= 0.6 is 0 Å². The first kappa shape index (κ1) is 26.3. The molecule has 2 rings (SSSR count). The Labute approximate surface area is 196 Å². The maximum atomic E-state index is 13.2. The van der Waals surface area contributed by atoms with Crippen LogP contribution in [-0.4, -0.2) is 11.6 Å². The third kappa shape index (κ3) is 5.88. The van der Waals surface area contributed by atoms with Crippen molar-refractivity contribution in [2.75, 3.05) is 0 Å². The van der Waals surface area contributed by atoms with Gasteiger partial charge in [-0.25, -0.2) is 0 Å². The first-order chi connectivity index (χ1) is 14.2. The molecule has 0 amide bonds. The Bertz CT molecular complexity index is 787. The average Bonchev–Trinajstić information content (AvgIpc) is 2.57. The Hall–Kier alpha value is -1.96. The van der Waals surface area contributed by atoms with Crippen LogP contribution in [0.5, 0.6) is 0 Å². The maximum Gasteiger partial charge on any atom is 0.185 e. The minimum Gasteiger partial charge on any atom is -0.289 e. The summed E-state index contributed by atoms with van der Waals surface area (Å²) >= 11 is 0. The highest BCUT2D eigenvalue weighted by Crippen LogP contribution is 2.41. The lowest BCUT2D eigenvalue weighted by molar-refractivity contribution is -0.115. The molecule has 2 heteroatoms. The molecular formula is C30H44O2. The zero-order chi connectivity index (χ0) is 24.9. The van der Waals surface area contributed by atoms with Crippen LogP contribution in [0.2, 0.25) is 0 Å². The monoisotopic (exact) mass is 436 g/mol. The Morgan fingerprint density at radius 3 is 0.812 bits per heavy atom. The second kappa shape index (κ2) is 8.43. The Balaban J connectivity index is 2.52. The fraction of sp³-hybridized carbons (Fsp3) is 0.600. The molecule has 0 atom stereocenters. The van der Waals surface area contributed by atoms with E-state index in [2.05, 4.69) is 120 Å². The van der Waals surface area contributed by atoms with E-state index in [1.807, 2.05) is 0 Å². The lowest BCUT2D eigenvalue weighted by Gasteiger charge is -2.33. The Kier molecular flexibility index (Phi) is 6.93. The van der Waals surface area contributed by atoms with E-state index >= 15 is 0 Å². The summed E-state index contributed by atoms with van der Waals surface area (Å²) in [7, 11) is 0. The van der Waals surface area contributed by atoms with Crippen molar-refractivity contribution in [3.8, 4) is 0 Å². The van der Waals surface area contributed by atoms with Crippen LogP contribution in [0, 0.1) is 33.5 Å². The number of carbonyl (C=O) groups is 2. The van der Waals surface area contributed by atoms with E-state index < -0.39 is 0 Å². The van der Waals surface area contributed by atoms with E-state index in [-0.39, 0.29) is 45.1 Å². The molecule has 0 N–H and O–H groups in total. The molecule has 0 fully saturated rings. The lowest BCUT2D eigenvalue weighted by Crippen LogP contribution is -2.29. The molecule has 0 bridgehead atoms. The molecule has 176 valence electrons. The van der Waals surface area contributed by atoms with Crippen molar-refractivity contribution in [2.45, 2.75) is 83.1 Å². The SMILES string of the molecule is CC(C)(C)C1=CC(/C=C/C2C=C(C(C)(C)C)C(=O)C(C(C)(C)C)=C2)C=C(C(C)(C)C)C1=O. The van der Waals surface area contributed by atoms with Gasteiger partial charge in [-0.15, -0.1) is 0 Å².